The number of hydrogen-bond donors (Lipinski definition) is 1. The van der Waals surface area contributed by atoms with Crippen molar-refractivity contribution < 1.29 is 9.53 Å². The number of nitrogens with zero attached hydrogens (tertiary/aromatic N) is 1. The van der Waals surface area contributed by atoms with Gasteiger partial charge in [0.05, 0.1) is 0 Å². The zero-order valence-electron chi connectivity index (χ0n) is 15.1. The Morgan fingerprint density at radius 3 is 2.39 bits per heavy atom. The number of amides is 1. The van der Waals surface area contributed by atoms with E-state index >= 15 is 0 Å². The van der Waals surface area contributed by atoms with E-state index in [9.17, 15) is 4.79 Å². The summed E-state index contributed by atoms with van der Waals surface area (Å²) in [6, 6.07) is 20.4. The lowest BCUT2D eigenvalue weighted by Crippen LogP contribution is -2.26. The summed E-state index contributed by atoms with van der Waals surface area (Å²) in [6.45, 7) is 0.704. The molecule has 1 aliphatic rings. The van der Waals surface area contributed by atoms with Crippen LogP contribution in [0.4, 0.5) is 4.79 Å². The fourth-order valence-electron chi connectivity index (χ4n) is 3.50. The third-order valence-corrected chi connectivity index (χ3v) is 5.46. The van der Waals surface area contributed by atoms with Crippen molar-refractivity contribution >= 4 is 28.1 Å². The predicted molar refractivity (Wildman–Crippen MR) is 114 cm³/mol. The van der Waals surface area contributed by atoms with Gasteiger partial charge in [-0.25, -0.2) is 9.78 Å². The number of pyridine rings is 1. The molecule has 0 aliphatic heterocycles. The van der Waals surface area contributed by atoms with Crippen molar-refractivity contribution in [3.8, 4) is 11.1 Å². The van der Waals surface area contributed by atoms with Gasteiger partial charge in [-0.1, -0.05) is 66.7 Å². The average Bonchev–Trinajstić information content (AvgIpc) is 3.05. The van der Waals surface area contributed by atoms with E-state index < -0.39 is 6.09 Å². The van der Waals surface area contributed by atoms with Crippen molar-refractivity contribution in [1.82, 2.24) is 10.3 Å². The molecule has 5 heteroatoms. The topological polar surface area (TPSA) is 51.2 Å². The molecule has 1 N–H and O–H groups in total. The Morgan fingerprint density at radius 1 is 1.04 bits per heavy atom. The lowest BCUT2D eigenvalue weighted by atomic mass is 9.98. The van der Waals surface area contributed by atoms with Gasteiger partial charge in [0.25, 0.3) is 0 Å². The van der Waals surface area contributed by atoms with Gasteiger partial charge in [-0.2, -0.15) is 0 Å². The largest absolute Gasteiger partial charge is 0.449 e. The van der Waals surface area contributed by atoms with Gasteiger partial charge in [-0.15, -0.1) is 0 Å². The quantitative estimate of drug-likeness (QED) is 0.547. The number of hydrogen-bond acceptors (Lipinski definition) is 3. The number of alkyl carbamates (subject to hydrolysis) is 1. The molecule has 0 unspecified atom stereocenters. The van der Waals surface area contributed by atoms with Gasteiger partial charge < -0.3 is 10.1 Å². The number of aromatic nitrogens is 1. The summed E-state index contributed by atoms with van der Waals surface area (Å²) in [7, 11) is 0. The molecule has 1 aliphatic carbocycles. The van der Waals surface area contributed by atoms with Gasteiger partial charge in [0, 0.05) is 24.2 Å². The molecule has 0 saturated carbocycles. The van der Waals surface area contributed by atoms with Crippen LogP contribution in [0.25, 0.3) is 17.2 Å². The maximum Gasteiger partial charge on any atom is 0.407 e. The predicted octanol–water partition coefficient (Wildman–Crippen LogP) is 5.40. The summed E-state index contributed by atoms with van der Waals surface area (Å²) in [5, 5.41) is 2.76. The molecule has 28 heavy (non-hydrogen) atoms. The summed E-state index contributed by atoms with van der Waals surface area (Å²) in [4.78, 5) is 16.3. The van der Waals surface area contributed by atoms with Crippen LogP contribution in [0.15, 0.2) is 77.5 Å². The van der Waals surface area contributed by atoms with Gasteiger partial charge in [0.2, 0.25) is 0 Å². The molecule has 0 atom stereocenters. The third kappa shape index (κ3) is 3.85. The van der Waals surface area contributed by atoms with E-state index in [1.54, 1.807) is 6.20 Å². The van der Waals surface area contributed by atoms with Crippen molar-refractivity contribution in [2.75, 3.05) is 13.2 Å². The molecular formula is C23H19BrN2O2. The molecule has 1 amide bonds. The maximum absolute atomic E-state index is 12.1. The number of ether oxygens (including phenoxy) is 1. The Bertz CT molecular complexity index is 987. The first-order valence-electron chi connectivity index (χ1n) is 9.10. The van der Waals surface area contributed by atoms with E-state index in [4.69, 9.17) is 4.74 Å². The molecule has 0 bridgehead atoms. The van der Waals surface area contributed by atoms with E-state index in [-0.39, 0.29) is 5.92 Å². The second-order valence-electron chi connectivity index (χ2n) is 6.49. The second-order valence-corrected chi connectivity index (χ2v) is 7.24. The Labute approximate surface area is 172 Å². The molecule has 2 aromatic carbocycles. The van der Waals surface area contributed by atoms with Crippen LogP contribution in [0.5, 0.6) is 0 Å². The van der Waals surface area contributed by atoms with Crippen LogP contribution in [0.2, 0.25) is 0 Å². The van der Waals surface area contributed by atoms with Crippen molar-refractivity contribution in [1.29, 1.82) is 0 Å². The number of halogens is 1. The van der Waals surface area contributed by atoms with E-state index in [1.807, 2.05) is 48.6 Å². The van der Waals surface area contributed by atoms with Crippen LogP contribution in [0.1, 0.15) is 22.6 Å². The summed E-state index contributed by atoms with van der Waals surface area (Å²) in [5.74, 6) is 0.0695. The minimum absolute atomic E-state index is 0.0695. The number of carbonyl (C=O) groups is 1. The van der Waals surface area contributed by atoms with Crippen LogP contribution >= 0.6 is 15.9 Å². The minimum Gasteiger partial charge on any atom is -0.449 e. The van der Waals surface area contributed by atoms with Crippen LogP contribution < -0.4 is 5.32 Å². The SMILES string of the molecule is O=C(NCC=Cc1cccnc1Br)OCC1c2ccccc2-c2ccccc21. The van der Waals surface area contributed by atoms with Gasteiger partial charge >= 0.3 is 6.09 Å². The monoisotopic (exact) mass is 434 g/mol. The van der Waals surface area contributed by atoms with Gasteiger partial charge in [0.1, 0.15) is 11.2 Å². The summed E-state index contributed by atoms with van der Waals surface area (Å²) >= 11 is 3.39. The van der Waals surface area contributed by atoms with Crippen LogP contribution in [-0.2, 0) is 4.74 Å². The van der Waals surface area contributed by atoms with Gasteiger partial charge in [-0.3, -0.25) is 0 Å². The summed E-state index contributed by atoms with van der Waals surface area (Å²) in [6.07, 6.45) is 5.07. The number of rotatable bonds is 5. The molecule has 4 nitrogen and oxygen atoms in total. The molecule has 1 aromatic heterocycles. The summed E-state index contributed by atoms with van der Waals surface area (Å²) < 4.78 is 6.28. The first-order chi connectivity index (χ1) is 13.7. The van der Waals surface area contributed by atoms with Gasteiger partial charge in [-0.05, 0) is 44.3 Å². The summed E-state index contributed by atoms with van der Waals surface area (Å²) in [5.41, 5.74) is 5.81. The van der Waals surface area contributed by atoms with Crippen molar-refractivity contribution in [3.05, 3.63) is 94.2 Å². The van der Waals surface area contributed by atoms with Crippen molar-refractivity contribution in [3.63, 3.8) is 0 Å². The van der Waals surface area contributed by atoms with Crippen molar-refractivity contribution in [2.45, 2.75) is 5.92 Å². The highest BCUT2D eigenvalue weighted by Gasteiger charge is 2.28. The Kier molecular flexibility index (Phi) is 5.53. The van der Waals surface area contributed by atoms with E-state index in [2.05, 4.69) is 50.5 Å². The molecule has 4 rings (SSSR count). The first kappa shape index (κ1) is 18.4. The highest BCUT2D eigenvalue weighted by molar-refractivity contribution is 9.10. The second kappa shape index (κ2) is 8.40. The first-order valence-corrected chi connectivity index (χ1v) is 9.89. The van der Waals surface area contributed by atoms with Crippen LogP contribution in [0, 0.1) is 0 Å². The lowest BCUT2D eigenvalue weighted by molar-refractivity contribution is 0.144. The standard InChI is InChI=1S/C23H19BrN2O2/c24-22-16(7-5-13-25-22)8-6-14-26-23(27)28-15-21-19-11-3-1-9-17(19)18-10-2-4-12-20(18)21/h1-13,21H,14-15H2,(H,26,27). The molecule has 3 aromatic rings. The van der Waals surface area contributed by atoms with Crippen LogP contribution in [-0.4, -0.2) is 24.2 Å². The normalized spacial score (nSPS) is 12.6. The number of carbonyl (C=O) groups excluding carboxylic acids is 1. The maximum atomic E-state index is 12.1. The van der Waals surface area contributed by atoms with E-state index in [0.29, 0.717) is 13.2 Å². The Balaban J connectivity index is 1.35. The fraction of sp³-hybridized carbons (Fsp3) is 0.130. The molecule has 0 fully saturated rings. The molecule has 0 spiro atoms. The van der Waals surface area contributed by atoms with Crippen molar-refractivity contribution in [2.24, 2.45) is 0 Å². The fourth-order valence-corrected chi connectivity index (χ4v) is 3.88. The molecule has 1 heterocycles. The highest BCUT2D eigenvalue weighted by Crippen LogP contribution is 2.44. The van der Waals surface area contributed by atoms with Crippen LogP contribution in [0.3, 0.4) is 0 Å². The lowest BCUT2D eigenvalue weighted by Gasteiger charge is -2.14. The Morgan fingerprint density at radius 2 is 1.71 bits per heavy atom. The number of nitrogens with one attached hydrogen (secondary N) is 1. The molecule has 0 saturated heterocycles. The zero-order chi connectivity index (χ0) is 19.3. The Hall–Kier alpha value is -2.92. The minimum atomic E-state index is -0.420. The highest BCUT2D eigenvalue weighted by atomic mass is 79.9. The molecule has 140 valence electrons. The average molecular weight is 435 g/mol. The zero-order valence-corrected chi connectivity index (χ0v) is 16.7. The number of fused-ring (bicyclic) bond motifs is 3. The van der Waals surface area contributed by atoms with E-state index in [0.717, 1.165) is 10.2 Å². The number of benzene rings is 2. The molecular weight excluding hydrogens is 416 g/mol. The third-order valence-electron chi connectivity index (χ3n) is 4.79. The van der Waals surface area contributed by atoms with Gasteiger partial charge in [0.15, 0.2) is 0 Å². The smallest absolute Gasteiger partial charge is 0.407 e. The van der Waals surface area contributed by atoms with E-state index in [1.165, 1.54) is 22.3 Å². The molecule has 0 radical (unpaired) electrons.